The monoisotopic (exact) mass is 296 g/mol. The minimum absolute atomic E-state index is 0.942. The average molecular weight is 296 g/mol. The van der Waals surface area contributed by atoms with Gasteiger partial charge in [-0.3, -0.25) is 0 Å². The lowest BCUT2D eigenvalue weighted by molar-refractivity contribution is 0.276. The van der Waals surface area contributed by atoms with Crippen molar-refractivity contribution in [3.63, 3.8) is 0 Å². The van der Waals surface area contributed by atoms with E-state index in [1.807, 2.05) is 6.07 Å². The quantitative estimate of drug-likeness (QED) is 0.455. The van der Waals surface area contributed by atoms with E-state index < -0.39 is 9.28 Å². The fraction of sp³-hybridized carbons (Fsp3) is 0.600. The molecule has 0 bridgehead atoms. The smallest absolute Gasteiger partial charge is 0.320 e. The van der Waals surface area contributed by atoms with E-state index >= 15 is 0 Å². The van der Waals surface area contributed by atoms with Crippen LogP contribution in [0.4, 0.5) is 0 Å². The topological polar surface area (TPSA) is 42.5 Å². The Kier molecular flexibility index (Phi) is 10.4. The lowest BCUT2D eigenvalue weighted by Crippen LogP contribution is -2.28. The standard InChI is InChI=1S/C15H28N2O2Si/c1-18-20(19-2)13-7-6-10-16-11-12-17-14-15-8-4-3-5-9-15/h3-5,8-9,16-17,20H,6-7,10-14H2,1-2H3. The molecule has 114 valence electrons. The normalized spacial score (nSPS) is 11.2. The molecule has 0 atom stereocenters. The van der Waals surface area contributed by atoms with Crippen molar-refractivity contribution in [2.75, 3.05) is 33.9 Å². The maximum absolute atomic E-state index is 5.29. The molecule has 1 aromatic carbocycles. The Balaban J connectivity index is 1.85. The molecule has 5 heteroatoms. The molecule has 0 saturated heterocycles. The molecule has 4 nitrogen and oxygen atoms in total. The van der Waals surface area contributed by atoms with Gasteiger partial charge in [0.1, 0.15) is 0 Å². The van der Waals surface area contributed by atoms with E-state index in [1.165, 1.54) is 18.4 Å². The summed E-state index contributed by atoms with van der Waals surface area (Å²) in [4.78, 5) is 0. The Labute approximate surface area is 124 Å². The lowest BCUT2D eigenvalue weighted by atomic mass is 10.2. The molecule has 0 aromatic heterocycles. The van der Waals surface area contributed by atoms with Gasteiger partial charge in [-0.15, -0.1) is 0 Å². The van der Waals surface area contributed by atoms with Gasteiger partial charge in [0.2, 0.25) is 0 Å². The SMILES string of the molecule is CO[SiH](CCCCNCCNCc1ccccc1)OC. The van der Waals surface area contributed by atoms with Crippen LogP contribution in [0.2, 0.25) is 6.04 Å². The van der Waals surface area contributed by atoms with Gasteiger partial charge in [0, 0.05) is 33.9 Å². The minimum atomic E-state index is -1.34. The molecular weight excluding hydrogens is 268 g/mol. The first-order valence-corrected chi connectivity index (χ1v) is 9.13. The third-order valence-electron chi connectivity index (χ3n) is 3.22. The van der Waals surface area contributed by atoms with Crippen molar-refractivity contribution in [1.29, 1.82) is 0 Å². The van der Waals surface area contributed by atoms with Crippen molar-refractivity contribution >= 4 is 9.28 Å². The molecule has 0 spiro atoms. The maximum atomic E-state index is 5.29. The first-order chi connectivity index (χ1) is 9.86. The number of nitrogens with one attached hydrogen (secondary N) is 2. The third-order valence-corrected chi connectivity index (χ3v) is 5.15. The summed E-state index contributed by atoms with van der Waals surface area (Å²) >= 11 is 0. The van der Waals surface area contributed by atoms with Gasteiger partial charge in [-0.1, -0.05) is 36.8 Å². The Bertz CT molecular complexity index is 321. The van der Waals surface area contributed by atoms with E-state index in [0.717, 1.165) is 32.2 Å². The zero-order valence-corrected chi connectivity index (χ0v) is 13.9. The summed E-state index contributed by atoms with van der Waals surface area (Å²) < 4.78 is 10.6. The zero-order chi connectivity index (χ0) is 14.5. The summed E-state index contributed by atoms with van der Waals surface area (Å²) in [5, 5.41) is 6.89. The molecule has 0 fully saturated rings. The average Bonchev–Trinajstić information content (AvgIpc) is 2.50. The largest absolute Gasteiger partial charge is 0.400 e. The van der Waals surface area contributed by atoms with Crippen LogP contribution in [0.3, 0.4) is 0 Å². The number of unbranched alkanes of at least 4 members (excludes halogenated alkanes) is 1. The van der Waals surface area contributed by atoms with Crippen LogP contribution in [-0.4, -0.2) is 43.1 Å². The van der Waals surface area contributed by atoms with Crippen LogP contribution in [0.1, 0.15) is 18.4 Å². The van der Waals surface area contributed by atoms with Crippen molar-refractivity contribution in [2.24, 2.45) is 0 Å². The van der Waals surface area contributed by atoms with E-state index in [1.54, 1.807) is 14.2 Å². The van der Waals surface area contributed by atoms with Crippen LogP contribution in [0.15, 0.2) is 30.3 Å². The predicted molar refractivity (Wildman–Crippen MR) is 86.2 cm³/mol. The van der Waals surface area contributed by atoms with E-state index in [2.05, 4.69) is 34.9 Å². The number of benzene rings is 1. The number of rotatable bonds is 12. The molecule has 0 amide bonds. The van der Waals surface area contributed by atoms with Crippen LogP contribution >= 0.6 is 0 Å². The van der Waals surface area contributed by atoms with Crippen molar-refractivity contribution in [3.8, 4) is 0 Å². The van der Waals surface area contributed by atoms with Crippen LogP contribution in [0, 0.1) is 0 Å². The summed E-state index contributed by atoms with van der Waals surface area (Å²) in [5.41, 5.74) is 1.34. The van der Waals surface area contributed by atoms with E-state index in [4.69, 9.17) is 8.85 Å². The predicted octanol–water partition coefficient (Wildman–Crippen LogP) is 1.66. The summed E-state index contributed by atoms with van der Waals surface area (Å²) in [5.74, 6) is 0. The Morgan fingerprint density at radius 3 is 2.30 bits per heavy atom. The molecule has 0 heterocycles. The van der Waals surface area contributed by atoms with Gasteiger partial charge in [-0.2, -0.15) is 0 Å². The molecule has 2 N–H and O–H groups in total. The molecule has 0 saturated carbocycles. The lowest BCUT2D eigenvalue weighted by Gasteiger charge is -2.10. The number of hydrogen-bond donors (Lipinski definition) is 2. The minimum Gasteiger partial charge on any atom is -0.400 e. The fourth-order valence-corrected chi connectivity index (χ4v) is 3.31. The van der Waals surface area contributed by atoms with Gasteiger partial charge < -0.3 is 19.5 Å². The van der Waals surface area contributed by atoms with Crippen LogP contribution < -0.4 is 10.6 Å². The molecular formula is C15H28N2O2Si. The number of hydrogen-bond acceptors (Lipinski definition) is 4. The summed E-state index contributed by atoms with van der Waals surface area (Å²) in [6, 6.07) is 11.6. The molecule has 0 aliphatic carbocycles. The molecule has 0 radical (unpaired) electrons. The summed E-state index contributed by atoms with van der Waals surface area (Å²) in [7, 11) is 2.16. The molecule has 20 heavy (non-hydrogen) atoms. The highest BCUT2D eigenvalue weighted by molar-refractivity contribution is 6.44. The Morgan fingerprint density at radius 2 is 1.60 bits per heavy atom. The van der Waals surface area contributed by atoms with Crippen molar-refractivity contribution in [2.45, 2.75) is 25.4 Å². The third kappa shape index (κ3) is 8.45. The fourth-order valence-electron chi connectivity index (χ4n) is 2.02. The van der Waals surface area contributed by atoms with E-state index in [9.17, 15) is 0 Å². The van der Waals surface area contributed by atoms with Gasteiger partial charge in [-0.05, 0) is 24.6 Å². The van der Waals surface area contributed by atoms with Gasteiger partial charge in [0.15, 0.2) is 0 Å². The van der Waals surface area contributed by atoms with Crippen molar-refractivity contribution < 1.29 is 8.85 Å². The van der Waals surface area contributed by atoms with E-state index in [0.29, 0.717) is 0 Å². The molecule has 1 aromatic rings. The van der Waals surface area contributed by atoms with Gasteiger partial charge in [0.05, 0.1) is 0 Å². The Morgan fingerprint density at radius 1 is 0.900 bits per heavy atom. The first kappa shape index (κ1) is 17.3. The van der Waals surface area contributed by atoms with Gasteiger partial charge >= 0.3 is 9.28 Å². The van der Waals surface area contributed by atoms with Crippen molar-refractivity contribution in [3.05, 3.63) is 35.9 Å². The highest BCUT2D eigenvalue weighted by Gasteiger charge is 2.07. The molecule has 1 rings (SSSR count). The van der Waals surface area contributed by atoms with Crippen molar-refractivity contribution in [1.82, 2.24) is 10.6 Å². The van der Waals surface area contributed by atoms with Crippen LogP contribution in [-0.2, 0) is 15.4 Å². The first-order valence-electron chi connectivity index (χ1n) is 7.37. The maximum Gasteiger partial charge on any atom is 0.320 e. The van der Waals surface area contributed by atoms with E-state index in [-0.39, 0.29) is 0 Å². The molecule has 0 unspecified atom stereocenters. The second-order valence-corrected chi connectivity index (χ2v) is 7.19. The summed E-state index contributed by atoms with van der Waals surface area (Å²) in [6.45, 7) is 4.03. The zero-order valence-electron chi connectivity index (χ0n) is 12.7. The molecule has 0 aliphatic heterocycles. The van der Waals surface area contributed by atoms with Crippen LogP contribution in [0.5, 0.6) is 0 Å². The molecule has 0 aliphatic rings. The summed E-state index contributed by atoms with van der Waals surface area (Å²) in [6.07, 6.45) is 2.37. The van der Waals surface area contributed by atoms with Gasteiger partial charge in [0.25, 0.3) is 0 Å². The Hall–Kier alpha value is -0.723. The van der Waals surface area contributed by atoms with Gasteiger partial charge in [-0.25, -0.2) is 0 Å². The second-order valence-electron chi connectivity index (χ2n) is 4.81. The highest BCUT2D eigenvalue weighted by Crippen LogP contribution is 2.01. The van der Waals surface area contributed by atoms with Crippen LogP contribution in [0.25, 0.3) is 0 Å². The second kappa shape index (κ2) is 12.1. The highest BCUT2D eigenvalue weighted by atomic mass is 28.3.